The highest BCUT2D eigenvalue weighted by molar-refractivity contribution is 6.88. The average Bonchev–Trinajstić information content (AvgIpc) is 2.96. The van der Waals surface area contributed by atoms with E-state index in [0.717, 1.165) is 25.9 Å². The average molecular weight is 289 g/mol. The second-order valence-electron chi connectivity index (χ2n) is 6.43. The molecule has 0 saturated heterocycles. The third-order valence-corrected chi connectivity index (χ3v) is 9.45. The molecular formula is C18H28OSi. The fraction of sp³-hybridized carbons (Fsp3) is 0.556. The van der Waals surface area contributed by atoms with Gasteiger partial charge >= 0.3 is 0 Å². The van der Waals surface area contributed by atoms with Crippen molar-refractivity contribution in [3.05, 3.63) is 47.2 Å². The highest BCUT2D eigenvalue weighted by atomic mass is 28.3. The Morgan fingerprint density at radius 3 is 2.70 bits per heavy atom. The summed E-state index contributed by atoms with van der Waals surface area (Å²) >= 11 is 0. The third kappa shape index (κ3) is 2.64. The Morgan fingerprint density at radius 2 is 2.10 bits per heavy atom. The SMILES string of the molecule is CCCCOC1([Si](C)(C)C2=CCC=C2)CC=CC=C1C. The van der Waals surface area contributed by atoms with Crippen LogP contribution in [0.25, 0.3) is 0 Å². The van der Waals surface area contributed by atoms with Gasteiger partial charge in [0.2, 0.25) is 0 Å². The fourth-order valence-corrected chi connectivity index (χ4v) is 7.18. The maximum Gasteiger partial charge on any atom is 0.122 e. The maximum absolute atomic E-state index is 6.57. The predicted molar refractivity (Wildman–Crippen MR) is 90.4 cm³/mol. The molecule has 0 N–H and O–H groups in total. The van der Waals surface area contributed by atoms with Crippen molar-refractivity contribution >= 4 is 8.07 Å². The summed E-state index contributed by atoms with van der Waals surface area (Å²) in [6.45, 7) is 10.3. The number of ether oxygens (including phenoxy) is 1. The predicted octanol–water partition coefficient (Wildman–Crippen LogP) is 5.12. The van der Waals surface area contributed by atoms with E-state index >= 15 is 0 Å². The molecule has 1 unspecified atom stereocenters. The van der Waals surface area contributed by atoms with Crippen molar-refractivity contribution in [2.45, 2.75) is 57.8 Å². The molecule has 0 aromatic carbocycles. The van der Waals surface area contributed by atoms with E-state index in [1.807, 2.05) is 0 Å². The molecule has 20 heavy (non-hydrogen) atoms. The molecule has 0 saturated carbocycles. The third-order valence-electron chi connectivity index (χ3n) is 4.87. The van der Waals surface area contributed by atoms with Crippen LogP contribution in [0.15, 0.2) is 47.2 Å². The minimum atomic E-state index is -1.70. The summed E-state index contributed by atoms with van der Waals surface area (Å²) in [5.74, 6) is 0. The molecule has 0 fully saturated rings. The van der Waals surface area contributed by atoms with Gasteiger partial charge in [0.05, 0.1) is 5.22 Å². The van der Waals surface area contributed by atoms with Gasteiger partial charge in [-0.1, -0.05) is 68.1 Å². The Hall–Kier alpha value is -0.863. The van der Waals surface area contributed by atoms with Crippen molar-refractivity contribution < 1.29 is 4.74 Å². The van der Waals surface area contributed by atoms with Crippen molar-refractivity contribution in [2.75, 3.05) is 6.61 Å². The highest BCUT2D eigenvalue weighted by Gasteiger charge is 2.50. The second kappa shape index (κ2) is 6.27. The van der Waals surface area contributed by atoms with E-state index < -0.39 is 8.07 Å². The van der Waals surface area contributed by atoms with Gasteiger partial charge in [0.25, 0.3) is 0 Å². The van der Waals surface area contributed by atoms with Crippen LogP contribution in [-0.4, -0.2) is 19.9 Å². The van der Waals surface area contributed by atoms with Crippen LogP contribution < -0.4 is 0 Å². The molecule has 1 atom stereocenters. The van der Waals surface area contributed by atoms with Gasteiger partial charge in [-0.25, -0.2) is 0 Å². The first-order valence-electron chi connectivity index (χ1n) is 7.89. The Morgan fingerprint density at radius 1 is 1.30 bits per heavy atom. The van der Waals surface area contributed by atoms with Crippen molar-refractivity contribution in [3.63, 3.8) is 0 Å². The van der Waals surface area contributed by atoms with Crippen LogP contribution in [0.1, 0.15) is 39.5 Å². The lowest BCUT2D eigenvalue weighted by Crippen LogP contribution is -2.58. The topological polar surface area (TPSA) is 9.23 Å². The number of unbranched alkanes of at least 4 members (excludes halogenated alkanes) is 1. The lowest BCUT2D eigenvalue weighted by Gasteiger charge is -2.47. The number of hydrogen-bond donors (Lipinski definition) is 0. The zero-order valence-corrected chi connectivity index (χ0v) is 14.4. The van der Waals surface area contributed by atoms with Gasteiger partial charge in [-0.05, 0) is 31.8 Å². The molecule has 0 aromatic heterocycles. The quantitative estimate of drug-likeness (QED) is 0.487. The first kappa shape index (κ1) is 15.5. The zero-order valence-electron chi connectivity index (χ0n) is 13.4. The molecule has 2 rings (SSSR count). The van der Waals surface area contributed by atoms with Crippen LogP contribution in [0.4, 0.5) is 0 Å². The summed E-state index contributed by atoms with van der Waals surface area (Å²) < 4.78 is 6.57. The van der Waals surface area contributed by atoms with Crippen LogP contribution in [-0.2, 0) is 4.74 Å². The summed E-state index contributed by atoms with van der Waals surface area (Å²) in [6, 6.07) is 0. The molecule has 2 aliphatic rings. The molecule has 1 nitrogen and oxygen atoms in total. The van der Waals surface area contributed by atoms with Gasteiger partial charge in [-0.15, -0.1) is 0 Å². The van der Waals surface area contributed by atoms with Crippen molar-refractivity contribution in [1.29, 1.82) is 0 Å². The molecule has 0 bridgehead atoms. The lowest BCUT2D eigenvalue weighted by molar-refractivity contribution is 0.0359. The van der Waals surface area contributed by atoms with Gasteiger partial charge in [-0.2, -0.15) is 0 Å². The van der Waals surface area contributed by atoms with Crippen molar-refractivity contribution in [1.82, 2.24) is 0 Å². The Balaban J connectivity index is 2.33. The summed E-state index contributed by atoms with van der Waals surface area (Å²) in [7, 11) is -1.70. The van der Waals surface area contributed by atoms with E-state index in [1.54, 1.807) is 5.20 Å². The van der Waals surface area contributed by atoms with Crippen LogP contribution in [0, 0.1) is 0 Å². The zero-order chi connectivity index (χ0) is 14.6. The first-order valence-corrected chi connectivity index (χ1v) is 10.9. The van der Waals surface area contributed by atoms with Crippen molar-refractivity contribution in [2.24, 2.45) is 0 Å². The smallest absolute Gasteiger partial charge is 0.122 e. The van der Waals surface area contributed by atoms with Crippen LogP contribution in [0.3, 0.4) is 0 Å². The number of hydrogen-bond acceptors (Lipinski definition) is 1. The van der Waals surface area contributed by atoms with E-state index in [9.17, 15) is 0 Å². The van der Waals surface area contributed by atoms with Crippen LogP contribution >= 0.6 is 0 Å². The fourth-order valence-electron chi connectivity index (χ4n) is 3.39. The summed E-state index contributed by atoms with van der Waals surface area (Å²) in [5, 5.41) is 1.49. The summed E-state index contributed by atoms with van der Waals surface area (Å²) in [6.07, 6.45) is 18.2. The van der Waals surface area contributed by atoms with Gasteiger partial charge < -0.3 is 4.74 Å². The number of allylic oxidation sites excluding steroid dienone is 6. The van der Waals surface area contributed by atoms with Crippen LogP contribution in [0.5, 0.6) is 0 Å². The Bertz CT molecular complexity index is 468. The number of rotatable bonds is 6. The van der Waals surface area contributed by atoms with Crippen LogP contribution in [0.2, 0.25) is 13.1 Å². The normalized spacial score (nSPS) is 25.8. The van der Waals surface area contributed by atoms with E-state index in [2.05, 4.69) is 63.4 Å². The lowest BCUT2D eigenvalue weighted by atomic mass is 10.0. The molecule has 0 amide bonds. The Kier molecular flexibility index (Phi) is 4.87. The van der Waals surface area contributed by atoms with Crippen molar-refractivity contribution in [3.8, 4) is 0 Å². The van der Waals surface area contributed by atoms with E-state index in [1.165, 1.54) is 12.0 Å². The maximum atomic E-state index is 6.57. The second-order valence-corrected chi connectivity index (χ2v) is 11.1. The van der Waals surface area contributed by atoms with Gasteiger partial charge in [0, 0.05) is 6.61 Å². The molecule has 110 valence electrons. The van der Waals surface area contributed by atoms with Gasteiger partial charge in [0.1, 0.15) is 8.07 Å². The molecule has 2 aliphatic carbocycles. The monoisotopic (exact) mass is 288 g/mol. The molecular weight excluding hydrogens is 260 g/mol. The Labute approximate surface area is 125 Å². The summed E-state index contributed by atoms with van der Waals surface area (Å²) in [4.78, 5) is 0. The minimum absolute atomic E-state index is 0.0581. The minimum Gasteiger partial charge on any atom is -0.374 e. The molecule has 0 heterocycles. The van der Waals surface area contributed by atoms with E-state index in [0.29, 0.717) is 0 Å². The standard InChI is InChI=1S/C18H28OSi/c1-5-6-15-19-18(14-10-9-11-16(18)2)20(3,4)17-12-7-8-13-17/h7,9-13H,5-6,8,14-15H2,1-4H3. The summed E-state index contributed by atoms with van der Waals surface area (Å²) in [5.41, 5.74) is 1.41. The van der Waals surface area contributed by atoms with Gasteiger partial charge in [0.15, 0.2) is 0 Å². The first-order chi connectivity index (χ1) is 9.54. The molecule has 0 radical (unpaired) electrons. The highest BCUT2D eigenvalue weighted by Crippen LogP contribution is 2.43. The molecule has 0 aromatic rings. The van der Waals surface area contributed by atoms with E-state index in [-0.39, 0.29) is 5.22 Å². The molecule has 0 spiro atoms. The largest absolute Gasteiger partial charge is 0.374 e. The van der Waals surface area contributed by atoms with E-state index in [4.69, 9.17) is 4.74 Å². The van der Waals surface area contributed by atoms with Gasteiger partial charge in [-0.3, -0.25) is 0 Å². The molecule has 2 heteroatoms. The molecule has 0 aliphatic heterocycles.